The van der Waals surface area contributed by atoms with Crippen LogP contribution in [0.2, 0.25) is 0 Å². The van der Waals surface area contributed by atoms with Crippen molar-refractivity contribution < 1.29 is 14.3 Å². The highest BCUT2D eigenvalue weighted by molar-refractivity contribution is 7.22. The molecule has 8 heteroatoms. The molecule has 106 valence electrons. The molecular weight excluding hydrogens is 298 g/mol. The van der Waals surface area contributed by atoms with Gasteiger partial charge in [-0.25, -0.2) is 15.2 Å². The summed E-state index contributed by atoms with van der Waals surface area (Å²) in [6.45, 7) is 3.68. The summed E-state index contributed by atoms with van der Waals surface area (Å²) < 4.78 is 4.65. The molecule has 0 atom stereocenters. The zero-order valence-corrected chi connectivity index (χ0v) is 12.6. The fraction of sp³-hybridized carbons (Fsp3) is 0.250. The van der Waals surface area contributed by atoms with Crippen molar-refractivity contribution in [1.82, 2.24) is 15.8 Å². The number of nitrogens with zero attached hydrogens (tertiary/aromatic N) is 1. The Morgan fingerprint density at radius 3 is 2.85 bits per heavy atom. The number of hydrogen-bond donors (Lipinski definition) is 2. The van der Waals surface area contributed by atoms with Crippen molar-refractivity contribution in [3.63, 3.8) is 0 Å². The lowest BCUT2D eigenvalue weighted by Gasteiger charge is -2.05. The Kier molecular flexibility index (Phi) is 4.70. The standard InChI is InChI=1S/C12H13N3O3S2/c1-3-18-12(17)15-14-10(16)9-7(2)13-11(20-9)8-5-4-6-19-8/h4-6H,3H2,1-2H3,(H,14,16)(H,15,17). The van der Waals surface area contributed by atoms with Gasteiger partial charge in [-0.3, -0.25) is 10.2 Å². The van der Waals surface area contributed by atoms with Gasteiger partial charge in [-0.15, -0.1) is 22.7 Å². The Morgan fingerprint density at radius 1 is 1.40 bits per heavy atom. The molecule has 2 aromatic rings. The highest BCUT2D eigenvalue weighted by atomic mass is 32.1. The van der Waals surface area contributed by atoms with Gasteiger partial charge in [-0.2, -0.15) is 0 Å². The van der Waals surface area contributed by atoms with Gasteiger partial charge in [0.25, 0.3) is 5.91 Å². The molecule has 0 aliphatic rings. The SMILES string of the molecule is CCOC(=O)NNC(=O)c1sc(-c2cccs2)nc1C. The quantitative estimate of drug-likeness (QED) is 0.854. The van der Waals surface area contributed by atoms with Gasteiger partial charge < -0.3 is 4.74 Å². The fourth-order valence-electron chi connectivity index (χ4n) is 1.44. The van der Waals surface area contributed by atoms with Crippen molar-refractivity contribution in [2.75, 3.05) is 6.61 Å². The summed E-state index contributed by atoms with van der Waals surface area (Å²) in [5, 5.41) is 2.74. The Morgan fingerprint density at radius 2 is 2.20 bits per heavy atom. The minimum Gasteiger partial charge on any atom is -0.449 e. The van der Waals surface area contributed by atoms with Crippen LogP contribution in [0.4, 0.5) is 4.79 Å². The number of ether oxygens (including phenoxy) is 1. The maximum absolute atomic E-state index is 11.9. The zero-order chi connectivity index (χ0) is 14.5. The second-order valence-corrected chi connectivity index (χ2v) is 5.66. The zero-order valence-electron chi connectivity index (χ0n) is 10.9. The van der Waals surface area contributed by atoms with E-state index in [4.69, 9.17) is 0 Å². The molecule has 0 fully saturated rings. The first-order valence-corrected chi connectivity index (χ1v) is 7.55. The van der Waals surface area contributed by atoms with Gasteiger partial charge in [-0.05, 0) is 25.3 Å². The molecule has 0 radical (unpaired) electrons. The molecule has 0 aliphatic carbocycles. The van der Waals surface area contributed by atoms with Crippen molar-refractivity contribution in [2.45, 2.75) is 13.8 Å². The normalized spacial score (nSPS) is 10.1. The first-order valence-electron chi connectivity index (χ1n) is 5.86. The van der Waals surface area contributed by atoms with Crippen LogP contribution in [0, 0.1) is 6.92 Å². The number of nitrogens with one attached hydrogen (secondary N) is 2. The number of aromatic nitrogens is 1. The van der Waals surface area contributed by atoms with E-state index in [1.165, 1.54) is 11.3 Å². The topological polar surface area (TPSA) is 80.3 Å². The second kappa shape index (κ2) is 6.49. The number of thiophene rings is 1. The van der Waals surface area contributed by atoms with Crippen molar-refractivity contribution in [2.24, 2.45) is 0 Å². The Labute approximate surface area is 123 Å². The number of hydrazine groups is 1. The largest absolute Gasteiger partial charge is 0.449 e. The number of rotatable bonds is 3. The van der Waals surface area contributed by atoms with Crippen LogP contribution in [-0.2, 0) is 4.74 Å². The summed E-state index contributed by atoms with van der Waals surface area (Å²) >= 11 is 2.85. The molecule has 20 heavy (non-hydrogen) atoms. The van der Waals surface area contributed by atoms with E-state index < -0.39 is 12.0 Å². The second-order valence-electron chi connectivity index (χ2n) is 3.71. The van der Waals surface area contributed by atoms with Gasteiger partial charge in [0.15, 0.2) is 0 Å². The van der Waals surface area contributed by atoms with E-state index in [1.54, 1.807) is 25.2 Å². The molecule has 0 unspecified atom stereocenters. The Balaban J connectivity index is 2.05. The molecule has 2 rings (SSSR count). The molecule has 0 saturated heterocycles. The van der Waals surface area contributed by atoms with E-state index in [2.05, 4.69) is 20.6 Å². The average Bonchev–Trinajstić information content (AvgIpc) is 3.05. The minimum absolute atomic E-state index is 0.240. The van der Waals surface area contributed by atoms with E-state index in [1.807, 2.05) is 17.5 Å². The van der Waals surface area contributed by atoms with Crippen LogP contribution in [0.1, 0.15) is 22.3 Å². The lowest BCUT2D eigenvalue weighted by Crippen LogP contribution is -2.41. The number of aryl methyl sites for hydroxylation is 1. The van der Waals surface area contributed by atoms with E-state index in [0.29, 0.717) is 10.6 Å². The molecule has 0 spiro atoms. The van der Waals surface area contributed by atoms with Crippen LogP contribution in [0.3, 0.4) is 0 Å². The summed E-state index contributed by atoms with van der Waals surface area (Å²) in [5.74, 6) is -0.407. The summed E-state index contributed by atoms with van der Waals surface area (Å²) in [5.41, 5.74) is 5.09. The number of hydrogen-bond acceptors (Lipinski definition) is 6. The number of carbonyl (C=O) groups excluding carboxylic acids is 2. The van der Waals surface area contributed by atoms with Gasteiger partial charge in [0.2, 0.25) is 0 Å². The maximum atomic E-state index is 11.9. The summed E-state index contributed by atoms with van der Waals surface area (Å²) in [6.07, 6.45) is -0.693. The monoisotopic (exact) mass is 311 g/mol. The predicted molar refractivity (Wildman–Crippen MR) is 77.8 cm³/mol. The van der Waals surface area contributed by atoms with E-state index in [-0.39, 0.29) is 6.61 Å². The van der Waals surface area contributed by atoms with E-state index >= 15 is 0 Å². The highest BCUT2D eigenvalue weighted by Crippen LogP contribution is 2.30. The summed E-state index contributed by atoms with van der Waals surface area (Å²) in [6, 6.07) is 3.88. The van der Waals surface area contributed by atoms with Crippen molar-refractivity contribution in [3.8, 4) is 9.88 Å². The third kappa shape index (κ3) is 3.34. The first-order chi connectivity index (χ1) is 9.61. The predicted octanol–water partition coefficient (Wildman–Crippen LogP) is 2.57. The van der Waals surface area contributed by atoms with E-state index in [0.717, 1.165) is 9.88 Å². The van der Waals surface area contributed by atoms with Gasteiger partial charge in [0.1, 0.15) is 9.88 Å². The minimum atomic E-state index is -0.693. The molecule has 2 amide bonds. The lowest BCUT2D eigenvalue weighted by atomic mass is 10.4. The molecule has 0 aliphatic heterocycles. The molecule has 0 aromatic carbocycles. The van der Waals surface area contributed by atoms with Crippen molar-refractivity contribution in [3.05, 3.63) is 28.1 Å². The van der Waals surface area contributed by atoms with E-state index in [9.17, 15) is 9.59 Å². The van der Waals surface area contributed by atoms with Crippen LogP contribution >= 0.6 is 22.7 Å². The maximum Gasteiger partial charge on any atom is 0.426 e. The van der Waals surface area contributed by atoms with Crippen LogP contribution < -0.4 is 10.9 Å². The van der Waals surface area contributed by atoms with Gasteiger partial charge >= 0.3 is 6.09 Å². The number of thiazole rings is 1. The van der Waals surface area contributed by atoms with Crippen LogP contribution in [-0.4, -0.2) is 23.6 Å². The molecule has 6 nitrogen and oxygen atoms in total. The fourth-order valence-corrected chi connectivity index (χ4v) is 3.20. The lowest BCUT2D eigenvalue weighted by molar-refractivity contribution is 0.0916. The Bertz CT molecular complexity index is 608. The number of amides is 2. The van der Waals surface area contributed by atoms with Crippen molar-refractivity contribution >= 4 is 34.7 Å². The third-order valence-electron chi connectivity index (χ3n) is 2.29. The molecule has 2 N–H and O–H groups in total. The van der Waals surface area contributed by atoms with Crippen molar-refractivity contribution in [1.29, 1.82) is 0 Å². The smallest absolute Gasteiger partial charge is 0.426 e. The van der Waals surface area contributed by atoms with Gasteiger partial charge in [0, 0.05) is 0 Å². The summed E-state index contributed by atoms with van der Waals surface area (Å²) in [4.78, 5) is 28.9. The molecule has 0 bridgehead atoms. The van der Waals surface area contributed by atoms with Crippen LogP contribution in [0.15, 0.2) is 17.5 Å². The van der Waals surface area contributed by atoms with Gasteiger partial charge in [0.05, 0.1) is 17.2 Å². The first kappa shape index (κ1) is 14.5. The molecule has 2 aromatic heterocycles. The highest BCUT2D eigenvalue weighted by Gasteiger charge is 2.17. The van der Waals surface area contributed by atoms with Crippen LogP contribution in [0.25, 0.3) is 9.88 Å². The average molecular weight is 311 g/mol. The molecule has 2 heterocycles. The summed E-state index contributed by atoms with van der Waals surface area (Å²) in [7, 11) is 0. The number of carbonyl (C=O) groups is 2. The Hall–Kier alpha value is -1.93. The molecular formula is C12H13N3O3S2. The molecule has 0 saturated carbocycles. The third-order valence-corrected chi connectivity index (χ3v) is 4.48. The van der Waals surface area contributed by atoms with Gasteiger partial charge in [-0.1, -0.05) is 6.07 Å². The van der Waals surface area contributed by atoms with Crippen LogP contribution in [0.5, 0.6) is 0 Å².